The average molecular weight is 446 g/mol. The van der Waals surface area contributed by atoms with E-state index in [1.807, 2.05) is 10.9 Å². The molecule has 1 aliphatic carbocycles. The number of aldehydes is 1. The number of hydrogen-bond acceptors (Lipinski definition) is 5. The number of rotatable bonds is 5. The monoisotopic (exact) mass is 446 g/mol. The van der Waals surface area contributed by atoms with Gasteiger partial charge in [-0.25, -0.2) is 0 Å². The average Bonchev–Trinajstić information content (AvgIpc) is 3.21. The van der Waals surface area contributed by atoms with Crippen LogP contribution in [0.1, 0.15) is 47.6 Å². The molecule has 168 valence electrons. The first-order valence-electron chi connectivity index (χ1n) is 10.1. The molecule has 3 aromatic rings. The Balaban J connectivity index is 1.59. The van der Waals surface area contributed by atoms with Gasteiger partial charge in [0, 0.05) is 36.0 Å². The van der Waals surface area contributed by atoms with Gasteiger partial charge in [0.25, 0.3) is 5.91 Å². The number of ether oxygens (including phenoxy) is 1. The number of benzene rings is 1. The lowest BCUT2D eigenvalue weighted by Gasteiger charge is -2.25. The Morgan fingerprint density at radius 2 is 1.94 bits per heavy atom. The maximum absolute atomic E-state index is 12.9. The Morgan fingerprint density at radius 1 is 1.19 bits per heavy atom. The summed E-state index contributed by atoms with van der Waals surface area (Å²) in [6.07, 6.45) is 3.35. The van der Waals surface area contributed by atoms with Crippen LogP contribution >= 0.6 is 0 Å². The van der Waals surface area contributed by atoms with E-state index in [4.69, 9.17) is 4.74 Å². The summed E-state index contributed by atoms with van der Waals surface area (Å²) in [5.41, 5.74) is -0.243. The molecule has 32 heavy (non-hydrogen) atoms. The number of carbonyl (C=O) groups is 2. The van der Waals surface area contributed by atoms with Gasteiger partial charge in [0.2, 0.25) is 0 Å². The summed E-state index contributed by atoms with van der Waals surface area (Å²) in [6, 6.07) is 4.27. The summed E-state index contributed by atoms with van der Waals surface area (Å²) < 4.78 is 46.0. The third-order valence-corrected chi connectivity index (χ3v) is 5.73. The minimum atomic E-state index is -4.60. The van der Waals surface area contributed by atoms with Crippen molar-refractivity contribution >= 4 is 28.8 Å². The summed E-state index contributed by atoms with van der Waals surface area (Å²) in [5, 5.41) is 7.97. The fourth-order valence-electron chi connectivity index (χ4n) is 3.94. The van der Waals surface area contributed by atoms with E-state index in [2.05, 4.69) is 15.4 Å². The molecule has 4 rings (SSSR count). The van der Waals surface area contributed by atoms with E-state index in [-0.39, 0.29) is 17.5 Å². The maximum atomic E-state index is 12.9. The fourth-order valence-corrected chi connectivity index (χ4v) is 3.94. The van der Waals surface area contributed by atoms with E-state index in [0.717, 1.165) is 49.6 Å². The van der Waals surface area contributed by atoms with Gasteiger partial charge in [-0.15, -0.1) is 0 Å². The lowest BCUT2D eigenvalue weighted by Crippen LogP contribution is -2.19. The summed E-state index contributed by atoms with van der Waals surface area (Å²) in [5.74, 6) is -0.301. The second kappa shape index (κ2) is 8.60. The zero-order valence-electron chi connectivity index (χ0n) is 17.2. The Hall–Kier alpha value is -3.43. The first kappa shape index (κ1) is 21.8. The third-order valence-electron chi connectivity index (χ3n) is 5.73. The molecular formula is C22H21F3N4O3. The molecule has 0 radical (unpaired) electrons. The van der Waals surface area contributed by atoms with E-state index < -0.39 is 17.6 Å². The molecule has 0 bridgehead atoms. The van der Waals surface area contributed by atoms with Crippen LogP contribution in [-0.2, 0) is 11.0 Å². The van der Waals surface area contributed by atoms with Crippen LogP contribution in [0.2, 0.25) is 0 Å². The minimum absolute atomic E-state index is 0.100. The molecule has 0 saturated heterocycles. The molecule has 2 aromatic heterocycles. The molecule has 0 atom stereocenters. The highest BCUT2D eigenvalue weighted by Gasteiger charge is 2.31. The quantitative estimate of drug-likeness (QED) is 0.577. The Labute approximate surface area is 181 Å². The molecule has 1 aliphatic rings. The molecule has 0 spiro atoms. The number of amides is 1. The number of pyridine rings is 1. The van der Waals surface area contributed by atoms with Gasteiger partial charge in [0.05, 0.1) is 35.5 Å². The first-order chi connectivity index (χ1) is 15.3. The molecule has 7 nitrogen and oxygen atoms in total. The molecule has 2 heterocycles. The predicted octanol–water partition coefficient (Wildman–Crippen LogP) is 4.64. The highest BCUT2D eigenvalue weighted by Crippen LogP contribution is 2.35. The molecular weight excluding hydrogens is 425 g/mol. The van der Waals surface area contributed by atoms with Crippen LogP contribution in [0.3, 0.4) is 0 Å². The van der Waals surface area contributed by atoms with E-state index in [1.165, 1.54) is 7.11 Å². The second-order valence-electron chi connectivity index (χ2n) is 7.84. The number of nitrogens with zero attached hydrogens (tertiary/aromatic N) is 3. The lowest BCUT2D eigenvalue weighted by atomic mass is 9.87. The first-order valence-corrected chi connectivity index (χ1v) is 10.1. The van der Waals surface area contributed by atoms with Crippen LogP contribution in [-0.4, -0.2) is 34.1 Å². The number of hydrogen-bond donors (Lipinski definition) is 1. The molecule has 1 saturated carbocycles. The van der Waals surface area contributed by atoms with Gasteiger partial charge in [0.15, 0.2) is 0 Å². The molecule has 0 unspecified atom stereocenters. The third kappa shape index (κ3) is 4.44. The molecule has 1 amide bonds. The van der Waals surface area contributed by atoms with E-state index in [0.29, 0.717) is 23.2 Å². The molecule has 0 aliphatic heterocycles. The van der Waals surface area contributed by atoms with Gasteiger partial charge in [-0.05, 0) is 37.8 Å². The van der Waals surface area contributed by atoms with Crippen molar-refractivity contribution in [3.63, 3.8) is 0 Å². The van der Waals surface area contributed by atoms with Crippen LogP contribution in [0, 0.1) is 5.92 Å². The van der Waals surface area contributed by atoms with Gasteiger partial charge >= 0.3 is 6.18 Å². The molecule has 1 aromatic carbocycles. The highest BCUT2D eigenvalue weighted by atomic mass is 19.4. The molecule has 1 fully saturated rings. The summed E-state index contributed by atoms with van der Waals surface area (Å²) in [6.45, 7) is 0. The second-order valence-corrected chi connectivity index (χ2v) is 7.84. The normalized spacial score (nSPS) is 19.0. The maximum Gasteiger partial charge on any atom is 0.417 e. The number of carbonyl (C=O) groups excluding carboxylic acids is 2. The smallest absolute Gasteiger partial charge is 0.417 e. The lowest BCUT2D eigenvalue weighted by molar-refractivity contribution is -0.137. The fraction of sp³-hybridized carbons (Fsp3) is 0.364. The predicted molar refractivity (Wildman–Crippen MR) is 111 cm³/mol. The largest absolute Gasteiger partial charge is 0.494 e. The number of methoxy groups -OCH3 is 1. The number of fused-ring (bicyclic) bond motifs is 1. The number of alkyl halides is 3. The highest BCUT2D eigenvalue weighted by molar-refractivity contribution is 6.06. The van der Waals surface area contributed by atoms with Crippen molar-refractivity contribution < 1.29 is 27.5 Å². The summed E-state index contributed by atoms with van der Waals surface area (Å²) >= 11 is 0. The van der Waals surface area contributed by atoms with Gasteiger partial charge in [-0.3, -0.25) is 14.5 Å². The topological polar surface area (TPSA) is 86.1 Å². The Morgan fingerprint density at radius 3 is 2.59 bits per heavy atom. The van der Waals surface area contributed by atoms with Crippen LogP contribution in [0.15, 0.2) is 36.8 Å². The van der Waals surface area contributed by atoms with Gasteiger partial charge in [0.1, 0.15) is 12.0 Å². The number of halogens is 3. The number of nitrogens with one attached hydrogen (secondary N) is 1. The number of aromatic nitrogens is 3. The zero-order chi connectivity index (χ0) is 22.9. The van der Waals surface area contributed by atoms with E-state index in [9.17, 15) is 22.8 Å². The van der Waals surface area contributed by atoms with Gasteiger partial charge < -0.3 is 14.8 Å². The molecule has 1 N–H and O–H groups in total. The minimum Gasteiger partial charge on any atom is -0.494 e. The molecule has 10 heteroatoms. The van der Waals surface area contributed by atoms with E-state index in [1.54, 1.807) is 12.1 Å². The Kier molecular flexibility index (Phi) is 5.86. The van der Waals surface area contributed by atoms with Gasteiger partial charge in [-0.1, -0.05) is 0 Å². The van der Waals surface area contributed by atoms with Crippen molar-refractivity contribution in [3.8, 4) is 5.75 Å². The van der Waals surface area contributed by atoms with E-state index >= 15 is 0 Å². The van der Waals surface area contributed by atoms with Crippen molar-refractivity contribution in [2.75, 3.05) is 12.4 Å². The van der Waals surface area contributed by atoms with Crippen molar-refractivity contribution in [1.29, 1.82) is 0 Å². The SMILES string of the molecule is COc1cc2nn(C3CCC(C=O)CC3)cc2cc1NC(=O)c1cncc(C(F)(F)F)c1. The Bertz CT molecular complexity index is 1150. The van der Waals surface area contributed by atoms with Crippen molar-refractivity contribution in [2.45, 2.75) is 37.9 Å². The summed E-state index contributed by atoms with van der Waals surface area (Å²) in [4.78, 5) is 27.1. The van der Waals surface area contributed by atoms with Crippen molar-refractivity contribution in [2.24, 2.45) is 5.92 Å². The van der Waals surface area contributed by atoms with Crippen LogP contribution in [0.25, 0.3) is 10.9 Å². The summed E-state index contributed by atoms with van der Waals surface area (Å²) in [7, 11) is 1.43. The standard InChI is InChI=1S/C22H21F3N4O3/c1-32-20-8-18-15(11-29(28-18)17-4-2-13(12-30)3-5-17)7-19(20)27-21(31)14-6-16(10-26-9-14)22(23,24)25/h6-13,17H,2-5H2,1H3,(H,27,31). The van der Waals surface area contributed by atoms with Gasteiger partial charge in [-0.2, -0.15) is 18.3 Å². The van der Waals surface area contributed by atoms with Crippen molar-refractivity contribution in [1.82, 2.24) is 14.8 Å². The van der Waals surface area contributed by atoms with Crippen LogP contribution < -0.4 is 10.1 Å². The van der Waals surface area contributed by atoms with Crippen LogP contribution in [0.4, 0.5) is 18.9 Å². The zero-order valence-corrected chi connectivity index (χ0v) is 17.2. The number of anilines is 1. The van der Waals surface area contributed by atoms with Crippen LogP contribution in [0.5, 0.6) is 5.75 Å². The van der Waals surface area contributed by atoms with Crippen molar-refractivity contribution in [3.05, 3.63) is 47.9 Å².